The quantitative estimate of drug-likeness (QED) is 0.545. The Morgan fingerprint density at radius 2 is 1.80 bits per heavy atom. The van der Waals surface area contributed by atoms with E-state index in [0.717, 1.165) is 16.7 Å². The van der Waals surface area contributed by atoms with Crippen molar-refractivity contribution < 1.29 is 19.1 Å². The van der Waals surface area contributed by atoms with E-state index in [0.29, 0.717) is 46.4 Å². The number of carbonyl (C=O) groups is 2. The van der Waals surface area contributed by atoms with E-state index in [-0.39, 0.29) is 11.4 Å². The van der Waals surface area contributed by atoms with Crippen molar-refractivity contribution in [1.29, 1.82) is 5.26 Å². The molecule has 1 saturated heterocycles. The number of hydrogen-bond donors (Lipinski definition) is 0. The molecule has 0 aromatic heterocycles. The van der Waals surface area contributed by atoms with E-state index >= 15 is 0 Å². The van der Waals surface area contributed by atoms with Crippen LogP contribution in [-0.4, -0.2) is 29.3 Å². The molecule has 2 aromatic rings. The van der Waals surface area contributed by atoms with Gasteiger partial charge < -0.3 is 9.47 Å². The molecule has 6 nitrogen and oxygen atoms in total. The standard InChI is InChI=1S/C22H19ClN2O4S/c1-3-28-18-9-16(17(23)11-19(18)29-4-2)10-20-21(26)25(22(27)30-20)13-15-8-6-5-7-14(15)12-24/h5-11H,3-4,13H2,1-2H3/b20-10+. The highest BCUT2D eigenvalue weighted by molar-refractivity contribution is 8.18. The molecule has 1 aliphatic rings. The first-order valence-corrected chi connectivity index (χ1v) is 10.5. The third-order valence-corrected chi connectivity index (χ3v) is 5.52. The molecule has 0 saturated carbocycles. The average molecular weight is 443 g/mol. The number of nitriles is 1. The van der Waals surface area contributed by atoms with E-state index in [2.05, 4.69) is 6.07 Å². The number of halogens is 1. The van der Waals surface area contributed by atoms with Gasteiger partial charge in [-0.2, -0.15) is 5.26 Å². The molecular formula is C22H19ClN2O4S. The Bertz CT molecular complexity index is 1060. The van der Waals surface area contributed by atoms with E-state index in [1.165, 1.54) is 0 Å². The van der Waals surface area contributed by atoms with Crippen molar-refractivity contribution in [3.63, 3.8) is 0 Å². The molecule has 30 heavy (non-hydrogen) atoms. The minimum absolute atomic E-state index is 0.0347. The fourth-order valence-corrected chi connectivity index (χ4v) is 3.95. The van der Waals surface area contributed by atoms with Gasteiger partial charge in [0.2, 0.25) is 0 Å². The van der Waals surface area contributed by atoms with Crippen LogP contribution >= 0.6 is 23.4 Å². The van der Waals surface area contributed by atoms with Gasteiger partial charge in [0, 0.05) is 6.07 Å². The van der Waals surface area contributed by atoms with Crippen LogP contribution in [0, 0.1) is 11.3 Å². The molecule has 1 heterocycles. The summed E-state index contributed by atoms with van der Waals surface area (Å²) in [5.41, 5.74) is 1.59. The highest BCUT2D eigenvalue weighted by Crippen LogP contribution is 2.38. The minimum Gasteiger partial charge on any atom is -0.490 e. The van der Waals surface area contributed by atoms with Crippen LogP contribution in [0.2, 0.25) is 5.02 Å². The van der Waals surface area contributed by atoms with Gasteiger partial charge in [-0.15, -0.1) is 0 Å². The zero-order chi connectivity index (χ0) is 21.7. The molecule has 0 atom stereocenters. The third kappa shape index (κ3) is 4.61. The summed E-state index contributed by atoms with van der Waals surface area (Å²) in [6, 6.07) is 12.3. The first-order chi connectivity index (χ1) is 14.5. The molecule has 0 radical (unpaired) electrons. The molecule has 2 aromatic carbocycles. The molecule has 8 heteroatoms. The Balaban J connectivity index is 1.90. The van der Waals surface area contributed by atoms with Crippen LogP contribution in [0.4, 0.5) is 4.79 Å². The highest BCUT2D eigenvalue weighted by Gasteiger charge is 2.35. The lowest BCUT2D eigenvalue weighted by atomic mass is 10.1. The monoisotopic (exact) mass is 442 g/mol. The average Bonchev–Trinajstić information content (AvgIpc) is 2.99. The Kier molecular flexibility index (Phi) is 7.03. The molecule has 0 spiro atoms. The molecule has 3 rings (SSSR count). The largest absolute Gasteiger partial charge is 0.490 e. The normalized spacial score (nSPS) is 14.9. The number of ether oxygens (including phenoxy) is 2. The molecule has 1 aliphatic heterocycles. The van der Waals surface area contributed by atoms with Gasteiger partial charge in [0.1, 0.15) is 0 Å². The van der Waals surface area contributed by atoms with E-state index in [1.807, 2.05) is 13.8 Å². The van der Waals surface area contributed by atoms with Crippen molar-refractivity contribution in [2.45, 2.75) is 20.4 Å². The third-order valence-electron chi connectivity index (χ3n) is 4.29. The van der Waals surface area contributed by atoms with Gasteiger partial charge in [-0.05, 0) is 54.9 Å². The lowest BCUT2D eigenvalue weighted by Gasteiger charge is -2.14. The van der Waals surface area contributed by atoms with Gasteiger partial charge in [-0.25, -0.2) is 0 Å². The number of amides is 2. The van der Waals surface area contributed by atoms with Crippen LogP contribution in [0.1, 0.15) is 30.5 Å². The van der Waals surface area contributed by atoms with Crippen LogP contribution in [-0.2, 0) is 11.3 Å². The summed E-state index contributed by atoms with van der Waals surface area (Å²) in [6.07, 6.45) is 1.57. The molecule has 2 amide bonds. The second-order valence-electron chi connectivity index (χ2n) is 6.22. The molecule has 1 fully saturated rings. The summed E-state index contributed by atoms with van der Waals surface area (Å²) in [7, 11) is 0. The molecule has 0 N–H and O–H groups in total. The van der Waals surface area contributed by atoms with Gasteiger partial charge in [0.25, 0.3) is 11.1 Å². The van der Waals surface area contributed by atoms with E-state index in [1.54, 1.807) is 42.5 Å². The van der Waals surface area contributed by atoms with Crippen LogP contribution < -0.4 is 9.47 Å². The predicted molar refractivity (Wildman–Crippen MR) is 116 cm³/mol. The smallest absolute Gasteiger partial charge is 0.293 e. The fourth-order valence-electron chi connectivity index (χ4n) is 2.91. The maximum Gasteiger partial charge on any atom is 0.293 e. The molecule has 0 unspecified atom stereocenters. The van der Waals surface area contributed by atoms with Gasteiger partial charge in [-0.1, -0.05) is 29.8 Å². The lowest BCUT2D eigenvalue weighted by Crippen LogP contribution is -2.27. The number of imide groups is 1. The van der Waals surface area contributed by atoms with Crippen molar-refractivity contribution >= 4 is 40.6 Å². The number of hydrogen-bond acceptors (Lipinski definition) is 6. The summed E-state index contributed by atoms with van der Waals surface area (Å²) >= 11 is 7.21. The summed E-state index contributed by atoms with van der Waals surface area (Å²) in [4.78, 5) is 26.7. The molecule has 0 bridgehead atoms. The molecular weight excluding hydrogens is 424 g/mol. The number of thioether (sulfide) groups is 1. The topological polar surface area (TPSA) is 79.6 Å². The minimum atomic E-state index is -0.430. The van der Waals surface area contributed by atoms with Gasteiger partial charge >= 0.3 is 0 Å². The maximum atomic E-state index is 12.8. The predicted octanol–water partition coefficient (Wildman–Crippen LogP) is 5.25. The fraction of sp³-hybridized carbons (Fsp3) is 0.227. The number of rotatable bonds is 7. The first-order valence-electron chi connectivity index (χ1n) is 9.31. The number of carbonyl (C=O) groups excluding carboxylic acids is 2. The lowest BCUT2D eigenvalue weighted by molar-refractivity contribution is -0.123. The van der Waals surface area contributed by atoms with E-state index in [4.69, 9.17) is 21.1 Å². The van der Waals surface area contributed by atoms with Crippen molar-refractivity contribution in [3.05, 3.63) is 63.0 Å². The van der Waals surface area contributed by atoms with E-state index < -0.39 is 11.1 Å². The van der Waals surface area contributed by atoms with Crippen LogP contribution in [0.15, 0.2) is 41.3 Å². The number of nitrogens with zero attached hydrogens (tertiary/aromatic N) is 2. The van der Waals surface area contributed by atoms with Crippen molar-refractivity contribution in [2.75, 3.05) is 13.2 Å². The summed E-state index contributed by atoms with van der Waals surface area (Å²) < 4.78 is 11.2. The van der Waals surface area contributed by atoms with E-state index in [9.17, 15) is 14.9 Å². The first kappa shape index (κ1) is 21.8. The van der Waals surface area contributed by atoms with Crippen LogP contribution in [0.5, 0.6) is 11.5 Å². The second kappa shape index (κ2) is 9.70. The zero-order valence-electron chi connectivity index (χ0n) is 16.5. The Morgan fingerprint density at radius 1 is 1.13 bits per heavy atom. The highest BCUT2D eigenvalue weighted by atomic mass is 35.5. The van der Waals surface area contributed by atoms with Gasteiger partial charge in [0.05, 0.1) is 41.3 Å². The van der Waals surface area contributed by atoms with Gasteiger partial charge in [0.15, 0.2) is 11.5 Å². The van der Waals surface area contributed by atoms with Crippen molar-refractivity contribution in [2.24, 2.45) is 0 Å². The van der Waals surface area contributed by atoms with Crippen molar-refractivity contribution in [3.8, 4) is 17.6 Å². The van der Waals surface area contributed by atoms with Gasteiger partial charge in [-0.3, -0.25) is 14.5 Å². The molecule has 0 aliphatic carbocycles. The summed E-state index contributed by atoms with van der Waals surface area (Å²) in [6.45, 7) is 4.65. The molecule has 154 valence electrons. The maximum absolute atomic E-state index is 12.8. The number of benzene rings is 2. The second-order valence-corrected chi connectivity index (χ2v) is 7.62. The Labute approximate surface area is 184 Å². The SMILES string of the molecule is CCOc1cc(Cl)c(/C=C2/SC(=O)N(Cc3ccccc3C#N)C2=O)cc1OCC. The zero-order valence-corrected chi connectivity index (χ0v) is 18.0. The summed E-state index contributed by atoms with van der Waals surface area (Å²) in [5.74, 6) is 0.598. The van der Waals surface area contributed by atoms with Crippen LogP contribution in [0.3, 0.4) is 0 Å². The summed E-state index contributed by atoms with van der Waals surface area (Å²) in [5, 5.41) is 9.22. The van der Waals surface area contributed by atoms with Crippen molar-refractivity contribution in [1.82, 2.24) is 4.90 Å². The Hall–Kier alpha value is -2.95. The Morgan fingerprint density at radius 3 is 2.47 bits per heavy atom. The van der Waals surface area contributed by atoms with Crippen LogP contribution in [0.25, 0.3) is 6.08 Å².